The van der Waals surface area contributed by atoms with E-state index in [2.05, 4.69) is 42.9 Å². The molecule has 0 saturated heterocycles. The van der Waals surface area contributed by atoms with Crippen molar-refractivity contribution in [1.82, 2.24) is 0 Å². The van der Waals surface area contributed by atoms with Crippen molar-refractivity contribution < 1.29 is 0 Å². The van der Waals surface area contributed by atoms with Crippen molar-refractivity contribution in [3.8, 4) is 0 Å². The molecule has 0 aromatic rings. The molecule has 0 bridgehead atoms. The number of halogens is 1. The summed E-state index contributed by atoms with van der Waals surface area (Å²) in [6.45, 7) is 9.51. The van der Waals surface area contributed by atoms with Crippen LogP contribution < -0.4 is 0 Å². The third-order valence-corrected chi connectivity index (χ3v) is 23.5. The molecule has 0 amide bonds. The first kappa shape index (κ1) is 29.3. The second-order valence-electron chi connectivity index (χ2n) is 9.29. The average Bonchev–Trinajstić information content (AvgIpc) is 2.70. The Kier molecular flexibility index (Phi) is 20.0. The monoisotopic (exact) mass is 496 g/mol. The fourth-order valence-corrected chi connectivity index (χ4v) is 14.3. The summed E-state index contributed by atoms with van der Waals surface area (Å²) in [5, 5.41) is 0. The molecule has 0 rings (SSSR count). The van der Waals surface area contributed by atoms with Crippen molar-refractivity contribution in [2.45, 2.75) is 136 Å². The van der Waals surface area contributed by atoms with Gasteiger partial charge in [-0.15, -0.1) is 0 Å². The summed E-state index contributed by atoms with van der Waals surface area (Å²) in [4.78, 5) is -1.62. The molecule has 0 saturated carbocycles. The van der Waals surface area contributed by atoms with Crippen molar-refractivity contribution in [2.24, 2.45) is 0 Å². The Morgan fingerprint density at radius 2 is 0.714 bits per heavy atom. The van der Waals surface area contributed by atoms with Gasteiger partial charge in [-0.2, -0.15) is 0 Å². The zero-order chi connectivity index (χ0) is 21.0. The van der Waals surface area contributed by atoms with Crippen LogP contribution in [0.1, 0.15) is 136 Å². The van der Waals surface area contributed by atoms with Gasteiger partial charge in [0, 0.05) is 0 Å². The van der Waals surface area contributed by atoms with Gasteiger partial charge in [0.15, 0.2) is 0 Å². The quantitative estimate of drug-likeness (QED) is 0.103. The van der Waals surface area contributed by atoms with Crippen LogP contribution in [0.25, 0.3) is 0 Å². The van der Waals surface area contributed by atoms with Crippen LogP contribution >= 0.6 is 28.8 Å². The van der Waals surface area contributed by atoms with Crippen molar-refractivity contribution >= 4 is 28.8 Å². The number of unbranched alkanes of at least 4 members (excludes halogenated alkanes) is 15. The molecule has 0 radical (unpaired) electrons. The molecular weight excluding hydrogens is 442 g/mol. The molecule has 0 aliphatic rings. The predicted molar refractivity (Wildman–Crippen MR) is 145 cm³/mol. The van der Waals surface area contributed by atoms with Gasteiger partial charge in [-0.05, 0) is 0 Å². The van der Waals surface area contributed by atoms with E-state index in [-0.39, 0.29) is 0 Å². The minimum absolute atomic E-state index is 1.16. The van der Waals surface area contributed by atoms with Gasteiger partial charge in [-0.3, -0.25) is 0 Å². The summed E-state index contributed by atoms with van der Waals surface area (Å²) in [5.74, 6) is 0. The summed E-state index contributed by atoms with van der Waals surface area (Å²) in [6, 6.07) is 0. The van der Waals surface area contributed by atoms with Crippen molar-refractivity contribution in [1.29, 1.82) is 0 Å². The van der Waals surface area contributed by atoms with Gasteiger partial charge in [0.05, 0.1) is 0 Å². The molecule has 1 atom stereocenters. The van der Waals surface area contributed by atoms with E-state index in [0.717, 1.165) is 8.27 Å². The first-order valence-electron chi connectivity index (χ1n) is 13.0. The first-order chi connectivity index (χ1) is 13.5. The molecule has 0 N–H and O–H groups in total. The Hall–Kier alpha value is 1.34. The molecule has 0 heterocycles. The fourth-order valence-electron chi connectivity index (χ4n) is 4.43. The molecule has 0 aromatic heterocycles. The van der Waals surface area contributed by atoms with Crippen molar-refractivity contribution in [3.63, 3.8) is 0 Å². The third kappa shape index (κ3) is 15.2. The van der Waals surface area contributed by atoms with Crippen LogP contribution in [0, 0.1) is 0 Å². The number of hydrogen-bond acceptors (Lipinski definition) is 0. The molecule has 3 heteroatoms. The van der Waals surface area contributed by atoms with Gasteiger partial charge in [0.25, 0.3) is 0 Å². The molecule has 0 aliphatic carbocycles. The second kappa shape index (κ2) is 19.1. The van der Waals surface area contributed by atoms with Crippen LogP contribution in [-0.4, -0.2) is 25.2 Å². The zero-order valence-electron chi connectivity index (χ0n) is 20.2. The molecule has 1 unspecified atom stereocenters. The third-order valence-electron chi connectivity index (χ3n) is 6.63. The van der Waals surface area contributed by atoms with Crippen LogP contribution in [0.3, 0.4) is 0 Å². The van der Waals surface area contributed by atoms with Gasteiger partial charge in [-0.25, -0.2) is 0 Å². The Morgan fingerprint density at radius 3 is 0.964 bits per heavy atom. The van der Waals surface area contributed by atoms with Crippen LogP contribution in [0.4, 0.5) is 0 Å². The minimum atomic E-state index is -1.62. The number of hydrogen-bond donors (Lipinski definition) is 0. The normalized spacial score (nSPS) is 14.0. The van der Waals surface area contributed by atoms with Crippen molar-refractivity contribution in [3.05, 3.63) is 0 Å². The Balaban J connectivity index is 4.51. The zero-order valence-corrected chi connectivity index (χ0v) is 23.7. The van der Waals surface area contributed by atoms with Gasteiger partial charge in [0.1, 0.15) is 0 Å². The summed E-state index contributed by atoms with van der Waals surface area (Å²) in [6.07, 6.45) is 30.7. The van der Waals surface area contributed by atoms with E-state index in [1.54, 1.807) is 0 Å². The van der Waals surface area contributed by atoms with Gasteiger partial charge >= 0.3 is 190 Å². The summed E-state index contributed by atoms with van der Waals surface area (Å²) in [5.41, 5.74) is 0. The van der Waals surface area contributed by atoms with Crippen LogP contribution in [0.15, 0.2) is 0 Å². The summed E-state index contributed by atoms with van der Waals surface area (Å²) in [7, 11) is 1.16. The van der Waals surface area contributed by atoms with E-state index in [1.807, 2.05) is 0 Å². The Morgan fingerprint density at radius 1 is 0.464 bits per heavy atom. The average molecular weight is 498 g/mol. The van der Waals surface area contributed by atoms with E-state index in [0.29, 0.717) is 0 Å². The van der Waals surface area contributed by atoms with E-state index < -0.39 is 4.99 Å². The van der Waals surface area contributed by atoms with E-state index in [9.17, 15) is 0 Å². The molecule has 172 valence electrons. The van der Waals surface area contributed by atoms with Crippen LogP contribution in [0.2, 0.25) is 0 Å². The predicted octanol–water partition coefficient (Wildman–Crippen LogP) is 11.2. The van der Waals surface area contributed by atoms with Gasteiger partial charge in [0.2, 0.25) is 0 Å². The van der Waals surface area contributed by atoms with Crippen molar-refractivity contribution in [2.75, 3.05) is 25.2 Å². The van der Waals surface area contributed by atoms with Crippen LogP contribution in [-0.2, 0) is 0 Å². The topological polar surface area (TPSA) is 0 Å². The molecule has 0 aliphatic heterocycles. The molecule has 28 heavy (non-hydrogen) atoms. The van der Waals surface area contributed by atoms with Gasteiger partial charge < -0.3 is 0 Å². The Labute approximate surface area is 189 Å². The fraction of sp³-hybridized carbons (Fsp3) is 1.00. The first-order valence-corrected chi connectivity index (χ1v) is 20.1. The molecule has 0 nitrogen and oxygen atoms in total. The molecular formula is C25H55BrP2. The molecule has 0 spiro atoms. The maximum absolute atomic E-state index is 4.58. The SMILES string of the molecule is CCCCCCCCP(Br)(CCCCCCCC)(CCCCCCCC)PC. The van der Waals surface area contributed by atoms with Crippen LogP contribution in [0.5, 0.6) is 0 Å². The Bertz CT molecular complexity index is 289. The second-order valence-corrected chi connectivity index (χ2v) is 26.7. The summed E-state index contributed by atoms with van der Waals surface area (Å²) < 4.78 is 0. The standard InChI is InChI=1S/C25H55BrP2/c1-5-8-11-14-17-20-23-28(26,27-4,24-21-18-15-12-9-6-2)25-22-19-16-13-10-7-3/h27H,5-25H2,1-4H3. The van der Waals surface area contributed by atoms with E-state index >= 15 is 0 Å². The molecule has 0 aromatic carbocycles. The van der Waals surface area contributed by atoms with E-state index in [4.69, 9.17) is 0 Å². The molecule has 0 fully saturated rings. The number of rotatable bonds is 22. The van der Waals surface area contributed by atoms with E-state index in [1.165, 1.54) is 134 Å². The summed E-state index contributed by atoms with van der Waals surface area (Å²) >= 11 is 4.58. The maximum atomic E-state index is 4.58. The van der Waals surface area contributed by atoms with Gasteiger partial charge in [-0.1, -0.05) is 0 Å².